The molecule has 1 unspecified atom stereocenters. The van der Waals surface area contributed by atoms with Crippen molar-refractivity contribution in [3.63, 3.8) is 0 Å². The van der Waals surface area contributed by atoms with Crippen LogP contribution in [0.3, 0.4) is 0 Å². The van der Waals surface area contributed by atoms with Crippen LogP contribution in [0.1, 0.15) is 70.5 Å². The highest BCUT2D eigenvalue weighted by molar-refractivity contribution is 5.60. The van der Waals surface area contributed by atoms with Gasteiger partial charge in [-0.1, -0.05) is 70.2 Å². The molecule has 0 aliphatic heterocycles. The zero-order chi connectivity index (χ0) is 17.9. The van der Waals surface area contributed by atoms with E-state index in [9.17, 15) is 5.11 Å². The van der Waals surface area contributed by atoms with Gasteiger partial charge in [-0.2, -0.15) is 0 Å². The van der Waals surface area contributed by atoms with Crippen LogP contribution >= 0.6 is 0 Å². The Kier molecular flexibility index (Phi) is 8.40. The molecule has 1 aromatic carbocycles. The molecular formula is C21H30N2O2. The zero-order valence-corrected chi connectivity index (χ0v) is 15.4. The van der Waals surface area contributed by atoms with Gasteiger partial charge < -0.3 is 9.84 Å². The van der Waals surface area contributed by atoms with Gasteiger partial charge in [0.15, 0.2) is 11.6 Å². The summed E-state index contributed by atoms with van der Waals surface area (Å²) >= 11 is 0. The highest BCUT2D eigenvalue weighted by Gasteiger charge is 2.13. The maximum atomic E-state index is 10.2. The summed E-state index contributed by atoms with van der Waals surface area (Å²) in [6.45, 7) is 4.90. The number of aromatic nitrogens is 2. The highest BCUT2D eigenvalue weighted by atomic mass is 16.5. The number of aliphatic hydroxyl groups excluding tert-OH is 1. The third kappa shape index (κ3) is 6.13. The van der Waals surface area contributed by atoms with E-state index in [0.29, 0.717) is 24.6 Å². The van der Waals surface area contributed by atoms with Gasteiger partial charge >= 0.3 is 0 Å². The van der Waals surface area contributed by atoms with E-state index in [4.69, 9.17) is 4.74 Å². The number of hydrogen-bond acceptors (Lipinski definition) is 4. The van der Waals surface area contributed by atoms with Crippen LogP contribution in [0.4, 0.5) is 0 Å². The molecule has 25 heavy (non-hydrogen) atoms. The van der Waals surface area contributed by atoms with Crippen molar-refractivity contribution < 1.29 is 9.84 Å². The molecule has 0 bridgehead atoms. The predicted molar refractivity (Wildman–Crippen MR) is 102 cm³/mol. The summed E-state index contributed by atoms with van der Waals surface area (Å²) in [5, 5.41) is 10.2. The van der Waals surface area contributed by atoms with E-state index < -0.39 is 6.10 Å². The molecule has 1 N–H and O–H groups in total. The Labute approximate surface area is 151 Å². The molecule has 0 fully saturated rings. The van der Waals surface area contributed by atoms with Crippen LogP contribution in [0.2, 0.25) is 0 Å². The molecule has 0 saturated carbocycles. The van der Waals surface area contributed by atoms with E-state index in [2.05, 4.69) is 16.9 Å². The van der Waals surface area contributed by atoms with E-state index in [1.54, 1.807) is 12.4 Å². The molecule has 2 aromatic rings. The van der Waals surface area contributed by atoms with Gasteiger partial charge in [0.25, 0.3) is 0 Å². The Bertz CT molecular complexity index is 614. The fourth-order valence-corrected chi connectivity index (χ4v) is 2.81. The summed E-state index contributed by atoms with van der Waals surface area (Å²) in [5.41, 5.74) is 1.74. The van der Waals surface area contributed by atoms with E-state index in [1.165, 1.54) is 32.1 Å². The van der Waals surface area contributed by atoms with Crippen molar-refractivity contribution in [3.05, 3.63) is 42.2 Å². The van der Waals surface area contributed by atoms with Crippen LogP contribution in [0.5, 0.6) is 5.75 Å². The SMILES string of the molecule is CCCCCCCCOc1cnc(-c2ccccc2C(O)CC)nc1. The summed E-state index contributed by atoms with van der Waals surface area (Å²) in [6, 6.07) is 7.74. The fraction of sp³-hybridized carbons (Fsp3) is 0.524. The van der Waals surface area contributed by atoms with Crippen LogP contribution in [-0.4, -0.2) is 21.7 Å². The average molecular weight is 342 g/mol. The predicted octanol–water partition coefficient (Wildman–Crippen LogP) is 5.33. The Hall–Kier alpha value is -1.94. The summed E-state index contributed by atoms with van der Waals surface area (Å²) in [5.74, 6) is 1.32. The Balaban J connectivity index is 1.88. The quantitative estimate of drug-likeness (QED) is 0.561. The van der Waals surface area contributed by atoms with E-state index in [-0.39, 0.29) is 0 Å². The van der Waals surface area contributed by atoms with Gasteiger partial charge in [0.1, 0.15) is 0 Å². The van der Waals surface area contributed by atoms with Crippen LogP contribution in [-0.2, 0) is 0 Å². The first-order valence-electron chi connectivity index (χ1n) is 9.48. The highest BCUT2D eigenvalue weighted by Crippen LogP contribution is 2.27. The molecule has 0 saturated heterocycles. The molecule has 0 aliphatic rings. The third-order valence-corrected chi connectivity index (χ3v) is 4.34. The first kappa shape index (κ1) is 19.4. The van der Waals surface area contributed by atoms with Gasteiger partial charge in [-0.05, 0) is 18.4 Å². The number of ether oxygens (including phenoxy) is 1. The number of hydrogen-bond donors (Lipinski definition) is 1. The van der Waals surface area contributed by atoms with Crippen molar-refractivity contribution in [2.75, 3.05) is 6.61 Å². The molecule has 1 aromatic heterocycles. The van der Waals surface area contributed by atoms with Crippen molar-refractivity contribution in [1.29, 1.82) is 0 Å². The Morgan fingerprint density at radius 1 is 0.960 bits per heavy atom. The maximum absolute atomic E-state index is 10.2. The largest absolute Gasteiger partial charge is 0.490 e. The first-order valence-corrected chi connectivity index (χ1v) is 9.48. The number of benzene rings is 1. The lowest BCUT2D eigenvalue weighted by atomic mass is 10.0. The van der Waals surface area contributed by atoms with Crippen molar-refractivity contribution in [2.24, 2.45) is 0 Å². The molecule has 136 valence electrons. The third-order valence-electron chi connectivity index (χ3n) is 4.34. The number of unbranched alkanes of at least 4 members (excludes halogenated alkanes) is 5. The smallest absolute Gasteiger partial charge is 0.159 e. The van der Waals surface area contributed by atoms with Crippen LogP contribution in [0.25, 0.3) is 11.4 Å². The van der Waals surface area contributed by atoms with Gasteiger partial charge in [-0.3, -0.25) is 0 Å². The van der Waals surface area contributed by atoms with Gasteiger partial charge in [0.2, 0.25) is 0 Å². The topological polar surface area (TPSA) is 55.2 Å². The minimum absolute atomic E-state index is 0.497. The molecule has 0 spiro atoms. The molecule has 0 aliphatic carbocycles. The second-order valence-corrected chi connectivity index (χ2v) is 6.37. The number of rotatable bonds is 11. The molecule has 1 heterocycles. The molecule has 4 heteroatoms. The second-order valence-electron chi connectivity index (χ2n) is 6.37. The summed E-state index contributed by atoms with van der Waals surface area (Å²) in [7, 11) is 0. The monoisotopic (exact) mass is 342 g/mol. The molecule has 0 radical (unpaired) electrons. The standard InChI is InChI=1S/C21H30N2O2/c1-3-5-6-7-8-11-14-25-17-15-22-21(23-16-17)19-13-10-9-12-18(19)20(24)4-2/h9-10,12-13,15-16,20,24H,3-8,11,14H2,1-2H3. The minimum atomic E-state index is -0.497. The lowest BCUT2D eigenvalue weighted by Crippen LogP contribution is -2.02. The Morgan fingerprint density at radius 3 is 2.36 bits per heavy atom. The normalized spacial score (nSPS) is 12.1. The minimum Gasteiger partial charge on any atom is -0.490 e. The number of aliphatic hydroxyl groups is 1. The molecule has 1 atom stereocenters. The second kappa shape index (κ2) is 10.8. The molecule has 4 nitrogen and oxygen atoms in total. The maximum Gasteiger partial charge on any atom is 0.159 e. The lowest BCUT2D eigenvalue weighted by molar-refractivity contribution is 0.174. The van der Waals surface area contributed by atoms with Gasteiger partial charge in [0.05, 0.1) is 25.1 Å². The molecule has 0 amide bonds. The fourth-order valence-electron chi connectivity index (χ4n) is 2.81. The Morgan fingerprint density at radius 2 is 1.64 bits per heavy atom. The van der Waals surface area contributed by atoms with Crippen LogP contribution in [0, 0.1) is 0 Å². The van der Waals surface area contributed by atoms with Crippen molar-refractivity contribution in [1.82, 2.24) is 9.97 Å². The average Bonchev–Trinajstić information content (AvgIpc) is 2.67. The number of nitrogens with zero attached hydrogens (tertiary/aromatic N) is 2. The van der Waals surface area contributed by atoms with E-state index in [1.807, 2.05) is 31.2 Å². The van der Waals surface area contributed by atoms with Crippen molar-refractivity contribution in [2.45, 2.75) is 64.9 Å². The van der Waals surface area contributed by atoms with Gasteiger partial charge in [-0.25, -0.2) is 9.97 Å². The van der Waals surface area contributed by atoms with E-state index in [0.717, 1.165) is 17.5 Å². The lowest BCUT2D eigenvalue weighted by Gasteiger charge is -2.13. The molecule has 2 rings (SSSR count). The van der Waals surface area contributed by atoms with Gasteiger partial charge in [0, 0.05) is 5.56 Å². The van der Waals surface area contributed by atoms with E-state index >= 15 is 0 Å². The van der Waals surface area contributed by atoms with Crippen LogP contribution < -0.4 is 4.74 Å². The van der Waals surface area contributed by atoms with Crippen LogP contribution in [0.15, 0.2) is 36.7 Å². The van der Waals surface area contributed by atoms with Crippen molar-refractivity contribution >= 4 is 0 Å². The summed E-state index contributed by atoms with van der Waals surface area (Å²) in [4.78, 5) is 8.84. The van der Waals surface area contributed by atoms with Gasteiger partial charge in [-0.15, -0.1) is 0 Å². The summed E-state index contributed by atoms with van der Waals surface area (Å²) in [6.07, 6.45) is 11.1. The first-order chi connectivity index (χ1) is 12.3. The zero-order valence-electron chi connectivity index (χ0n) is 15.4. The summed E-state index contributed by atoms with van der Waals surface area (Å²) < 4.78 is 5.73. The molecular weight excluding hydrogens is 312 g/mol. The van der Waals surface area contributed by atoms with Crippen molar-refractivity contribution in [3.8, 4) is 17.1 Å².